The Kier molecular flexibility index (Phi) is 9.52. The van der Waals surface area contributed by atoms with Gasteiger partial charge < -0.3 is 35.3 Å². The van der Waals surface area contributed by atoms with Crippen LogP contribution in [0.4, 0.5) is 10.5 Å². The van der Waals surface area contributed by atoms with E-state index in [0.29, 0.717) is 38.3 Å². The summed E-state index contributed by atoms with van der Waals surface area (Å²) in [4.78, 5) is 24.0. The summed E-state index contributed by atoms with van der Waals surface area (Å²) in [6.45, 7) is 9.73. The maximum atomic E-state index is 12.6. The number of hydrogen-bond acceptors (Lipinski definition) is 7. The molecule has 1 aromatic carbocycles. The number of alkyl carbamates (subject to hydrolysis) is 1. The van der Waals surface area contributed by atoms with Crippen molar-refractivity contribution in [2.24, 2.45) is 11.7 Å². The molecule has 36 heavy (non-hydrogen) atoms. The van der Waals surface area contributed by atoms with Gasteiger partial charge in [-0.3, -0.25) is 4.79 Å². The Balaban J connectivity index is 1.54. The Bertz CT molecular complexity index is 922. The summed E-state index contributed by atoms with van der Waals surface area (Å²) in [6, 6.07) is 7.42. The summed E-state index contributed by atoms with van der Waals surface area (Å²) < 4.78 is 24.0. The minimum Gasteiger partial charge on any atom is -0.443 e. The molecule has 4 atom stereocenters. The van der Waals surface area contributed by atoms with Crippen molar-refractivity contribution in [1.82, 2.24) is 5.32 Å². The van der Waals surface area contributed by atoms with Gasteiger partial charge in [-0.25, -0.2) is 4.79 Å². The molecule has 2 amide bonds. The first kappa shape index (κ1) is 28.1. The molecule has 1 saturated carbocycles. The zero-order valence-corrected chi connectivity index (χ0v) is 22.1. The fourth-order valence-electron chi connectivity index (χ4n) is 5.05. The highest BCUT2D eigenvalue weighted by atomic mass is 16.6. The van der Waals surface area contributed by atoms with Crippen molar-refractivity contribution in [1.29, 1.82) is 0 Å². The van der Waals surface area contributed by atoms with Crippen molar-refractivity contribution >= 4 is 17.7 Å². The summed E-state index contributed by atoms with van der Waals surface area (Å²) in [6.07, 6.45) is 2.93. The highest BCUT2D eigenvalue weighted by molar-refractivity contribution is 5.92. The number of ether oxygens (including phenoxy) is 4. The van der Waals surface area contributed by atoms with Gasteiger partial charge in [-0.05, 0) is 64.7 Å². The fraction of sp³-hybridized carbons (Fsp3) is 0.630. The van der Waals surface area contributed by atoms with Crippen LogP contribution >= 0.6 is 0 Å². The Hall–Kier alpha value is -2.46. The van der Waals surface area contributed by atoms with Gasteiger partial charge in [0.05, 0.1) is 31.0 Å². The molecule has 2 aliphatic rings. The van der Waals surface area contributed by atoms with Crippen LogP contribution in [0.15, 0.2) is 35.9 Å². The van der Waals surface area contributed by atoms with Crippen LogP contribution in [0.2, 0.25) is 0 Å². The number of allylic oxidation sites excluding steroid dienone is 1. The number of methoxy groups -OCH3 is 1. The fourth-order valence-corrected chi connectivity index (χ4v) is 5.05. The van der Waals surface area contributed by atoms with Crippen LogP contribution in [0.3, 0.4) is 0 Å². The second-order valence-corrected chi connectivity index (χ2v) is 10.3. The maximum absolute atomic E-state index is 12.6. The number of epoxide rings is 1. The molecule has 4 N–H and O–H groups in total. The summed E-state index contributed by atoms with van der Waals surface area (Å²) in [7, 11) is 1.65. The number of amides is 2. The quantitative estimate of drug-likeness (QED) is 0.313. The third-order valence-corrected chi connectivity index (χ3v) is 6.96. The minimum atomic E-state index is -0.530. The number of anilines is 1. The lowest BCUT2D eigenvalue weighted by Crippen LogP contribution is -2.59. The predicted molar refractivity (Wildman–Crippen MR) is 138 cm³/mol. The Labute approximate surface area is 214 Å². The highest BCUT2D eigenvalue weighted by Crippen LogP contribution is 2.52. The van der Waals surface area contributed by atoms with E-state index in [0.717, 1.165) is 12.0 Å². The predicted octanol–water partition coefficient (Wildman–Crippen LogP) is 3.18. The first-order chi connectivity index (χ1) is 17.1. The van der Waals surface area contributed by atoms with E-state index >= 15 is 0 Å². The highest BCUT2D eigenvalue weighted by Gasteiger charge is 2.64. The standard InChI is InChI=1S/C27H41N3O6/c1-18(2)12-15-34-26(3,4)24-23(33-5)21(10-13-27(24)17-35-27)36-25(32)29-14-11-19-6-8-20(9-7-19)30-22(31)16-28/h6-9,12,21,23-24H,10-11,13-17,28H2,1-5H3,(H,29,32)(H,30,31)/t21?,23?,24?,27-/m0/s1. The van der Waals surface area contributed by atoms with Crippen molar-refractivity contribution in [3.05, 3.63) is 41.5 Å². The number of hydrogen-bond donors (Lipinski definition) is 3. The zero-order chi connectivity index (χ0) is 26.3. The van der Waals surface area contributed by atoms with Crippen molar-refractivity contribution in [3.63, 3.8) is 0 Å². The first-order valence-electron chi connectivity index (χ1n) is 12.6. The lowest BCUT2D eigenvalue weighted by Gasteiger charge is -2.47. The largest absolute Gasteiger partial charge is 0.443 e. The molecule has 0 aromatic heterocycles. The van der Waals surface area contributed by atoms with Gasteiger partial charge >= 0.3 is 6.09 Å². The van der Waals surface area contributed by atoms with Gasteiger partial charge in [-0.15, -0.1) is 0 Å². The first-order valence-corrected chi connectivity index (χ1v) is 12.6. The second-order valence-electron chi connectivity index (χ2n) is 10.3. The van der Waals surface area contributed by atoms with E-state index in [4.69, 9.17) is 24.7 Å². The number of nitrogens with one attached hydrogen (secondary N) is 2. The number of benzene rings is 1. The summed E-state index contributed by atoms with van der Waals surface area (Å²) in [5.74, 6) is -0.320. The van der Waals surface area contributed by atoms with Gasteiger partial charge in [0.1, 0.15) is 12.2 Å². The topological polar surface area (TPSA) is 124 Å². The minimum absolute atomic E-state index is 0.0616. The zero-order valence-electron chi connectivity index (χ0n) is 22.1. The molecule has 9 nitrogen and oxygen atoms in total. The van der Waals surface area contributed by atoms with E-state index in [1.807, 2.05) is 38.1 Å². The molecule has 9 heteroatoms. The number of nitrogens with two attached hydrogens (primary N) is 1. The van der Waals surface area contributed by atoms with Crippen LogP contribution in [0.5, 0.6) is 0 Å². The van der Waals surface area contributed by atoms with Gasteiger partial charge in [-0.2, -0.15) is 0 Å². The van der Waals surface area contributed by atoms with E-state index in [1.54, 1.807) is 7.11 Å². The molecule has 200 valence electrons. The molecule has 1 spiro atoms. The molecular weight excluding hydrogens is 462 g/mol. The van der Waals surface area contributed by atoms with E-state index in [2.05, 4.69) is 30.6 Å². The summed E-state index contributed by atoms with van der Waals surface area (Å²) >= 11 is 0. The monoisotopic (exact) mass is 503 g/mol. The molecule has 2 fully saturated rings. The second kappa shape index (κ2) is 12.2. The van der Waals surface area contributed by atoms with Gasteiger partial charge in [0.2, 0.25) is 5.91 Å². The molecule has 3 rings (SSSR count). The van der Waals surface area contributed by atoms with Gasteiger partial charge in [0.25, 0.3) is 0 Å². The van der Waals surface area contributed by atoms with Crippen molar-refractivity contribution in [2.75, 3.05) is 38.7 Å². The molecule has 0 radical (unpaired) electrons. The van der Waals surface area contributed by atoms with E-state index in [9.17, 15) is 9.59 Å². The molecule has 1 aromatic rings. The third-order valence-electron chi connectivity index (χ3n) is 6.96. The average molecular weight is 504 g/mol. The van der Waals surface area contributed by atoms with Crippen molar-refractivity contribution in [2.45, 2.75) is 70.4 Å². The van der Waals surface area contributed by atoms with Crippen LogP contribution in [0.1, 0.15) is 46.1 Å². The molecular formula is C27H41N3O6. The normalized spacial score (nSPS) is 25.2. The lowest BCUT2D eigenvalue weighted by molar-refractivity contribution is -0.172. The Morgan fingerprint density at radius 1 is 1.25 bits per heavy atom. The molecule has 3 unspecified atom stereocenters. The van der Waals surface area contributed by atoms with Crippen LogP contribution in [0.25, 0.3) is 0 Å². The molecule has 0 bridgehead atoms. The Morgan fingerprint density at radius 3 is 2.53 bits per heavy atom. The lowest BCUT2D eigenvalue weighted by atomic mass is 9.68. The molecule has 1 heterocycles. The van der Waals surface area contributed by atoms with Crippen LogP contribution in [-0.4, -0.2) is 68.8 Å². The van der Waals surface area contributed by atoms with Crippen LogP contribution < -0.4 is 16.4 Å². The van der Waals surface area contributed by atoms with Crippen LogP contribution in [0, 0.1) is 5.92 Å². The van der Waals surface area contributed by atoms with Crippen molar-refractivity contribution < 1.29 is 28.5 Å². The van der Waals surface area contributed by atoms with Gasteiger partial charge in [0, 0.05) is 25.3 Å². The SMILES string of the molecule is COC1C(OC(=O)NCCc2ccc(NC(=O)CN)cc2)CC[C@]2(CO2)C1C(C)(C)OCC=C(C)C. The number of carbonyl (C=O) groups excluding carboxylic acids is 2. The van der Waals surface area contributed by atoms with Crippen molar-refractivity contribution in [3.8, 4) is 0 Å². The number of carbonyl (C=O) groups is 2. The Morgan fingerprint density at radius 2 is 1.94 bits per heavy atom. The smallest absolute Gasteiger partial charge is 0.407 e. The number of rotatable bonds is 11. The molecule has 1 saturated heterocycles. The van der Waals surface area contributed by atoms with Gasteiger partial charge in [0.15, 0.2) is 0 Å². The van der Waals surface area contributed by atoms with Gasteiger partial charge in [-0.1, -0.05) is 23.8 Å². The van der Waals surface area contributed by atoms with E-state index < -0.39 is 17.8 Å². The summed E-state index contributed by atoms with van der Waals surface area (Å²) in [5.41, 5.74) is 7.40. The molecule has 1 aliphatic heterocycles. The molecule has 1 aliphatic carbocycles. The van der Waals surface area contributed by atoms with E-state index in [1.165, 1.54) is 5.57 Å². The maximum Gasteiger partial charge on any atom is 0.407 e. The van der Waals surface area contributed by atoms with Crippen LogP contribution in [-0.2, 0) is 30.2 Å². The third kappa shape index (κ3) is 7.29. The average Bonchev–Trinajstić information content (AvgIpc) is 3.60. The summed E-state index contributed by atoms with van der Waals surface area (Å²) in [5, 5.41) is 5.54. The van der Waals surface area contributed by atoms with E-state index in [-0.39, 0.29) is 30.1 Å².